The van der Waals surface area contributed by atoms with E-state index in [-0.39, 0.29) is 11.9 Å². The van der Waals surface area contributed by atoms with E-state index in [0.29, 0.717) is 5.02 Å². The lowest BCUT2D eigenvalue weighted by atomic mass is 9.98. The first-order valence-corrected chi connectivity index (χ1v) is 7.50. The summed E-state index contributed by atoms with van der Waals surface area (Å²) in [5, 5.41) is 3.65. The van der Waals surface area contributed by atoms with Crippen LogP contribution in [0.4, 0.5) is 4.39 Å². The van der Waals surface area contributed by atoms with Crippen molar-refractivity contribution in [3.05, 3.63) is 34.6 Å². The van der Waals surface area contributed by atoms with Gasteiger partial charge >= 0.3 is 0 Å². The maximum absolute atomic E-state index is 13.7. The number of unbranched alkanes of at least 4 members (excludes halogenated alkanes) is 1. The molecule has 19 heavy (non-hydrogen) atoms. The van der Waals surface area contributed by atoms with Crippen molar-refractivity contribution < 1.29 is 4.39 Å². The molecule has 2 rings (SSSR count). The van der Waals surface area contributed by atoms with Gasteiger partial charge in [-0.15, -0.1) is 0 Å². The number of hydrogen-bond acceptors (Lipinski definition) is 2. The van der Waals surface area contributed by atoms with E-state index in [1.54, 1.807) is 6.07 Å². The minimum atomic E-state index is -0.309. The van der Waals surface area contributed by atoms with Crippen LogP contribution in [0.2, 0.25) is 5.02 Å². The molecule has 0 spiro atoms. The Morgan fingerprint density at radius 2 is 2.11 bits per heavy atom. The molecule has 1 fully saturated rings. The number of piperazine rings is 1. The van der Waals surface area contributed by atoms with Crippen LogP contribution in [0.15, 0.2) is 18.2 Å². The number of rotatable bonds is 5. The van der Waals surface area contributed by atoms with E-state index in [9.17, 15) is 4.39 Å². The van der Waals surface area contributed by atoms with Crippen LogP contribution in [0.3, 0.4) is 0 Å². The van der Waals surface area contributed by atoms with Crippen LogP contribution >= 0.6 is 11.6 Å². The maximum Gasteiger partial charge on any atom is 0.142 e. The van der Waals surface area contributed by atoms with Crippen LogP contribution in [-0.4, -0.2) is 31.1 Å². The molecule has 1 aromatic carbocycles. The lowest BCUT2D eigenvalue weighted by Crippen LogP contribution is -2.45. The van der Waals surface area contributed by atoms with Crippen molar-refractivity contribution in [3.8, 4) is 0 Å². The Balaban J connectivity index is 2.22. The predicted octanol–water partition coefficient (Wildman–Crippen LogP) is 3.62. The van der Waals surface area contributed by atoms with Gasteiger partial charge < -0.3 is 5.32 Å². The van der Waals surface area contributed by atoms with Crippen LogP contribution in [0.25, 0.3) is 0 Å². The van der Waals surface area contributed by atoms with Gasteiger partial charge in [0, 0.05) is 32.2 Å². The first kappa shape index (κ1) is 14.8. The summed E-state index contributed by atoms with van der Waals surface area (Å²) in [5.41, 5.74) is 0.942. The molecule has 0 saturated carbocycles. The average molecular weight is 285 g/mol. The number of nitrogens with one attached hydrogen (secondary N) is 1. The van der Waals surface area contributed by atoms with Gasteiger partial charge in [-0.1, -0.05) is 43.5 Å². The highest BCUT2D eigenvalue weighted by atomic mass is 35.5. The van der Waals surface area contributed by atoms with Gasteiger partial charge in [0.1, 0.15) is 5.82 Å². The molecule has 1 heterocycles. The molecule has 2 nitrogen and oxygen atoms in total. The third-order valence-electron chi connectivity index (χ3n) is 3.76. The molecule has 0 unspecified atom stereocenters. The molecule has 0 bridgehead atoms. The third kappa shape index (κ3) is 3.68. The standard InChI is InChI=1S/C15H22ClFN2/c1-2-3-7-14(19-10-8-18-9-11-19)12-5-4-6-13(17)15(12)16/h4-6,14,18H,2-3,7-11H2,1H3/t14-/m1/s1. The number of benzene rings is 1. The average Bonchev–Trinajstić information content (AvgIpc) is 2.45. The third-order valence-corrected chi connectivity index (χ3v) is 4.16. The minimum Gasteiger partial charge on any atom is -0.314 e. The van der Waals surface area contributed by atoms with Gasteiger partial charge in [0.25, 0.3) is 0 Å². The second-order valence-corrected chi connectivity index (χ2v) is 5.47. The molecule has 1 saturated heterocycles. The zero-order chi connectivity index (χ0) is 13.7. The monoisotopic (exact) mass is 284 g/mol. The summed E-state index contributed by atoms with van der Waals surface area (Å²) < 4.78 is 13.7. The van der Waals surface area contributed by atoms with E-state index in [1.807, 2.05) is 6.07 Å². The van der Waals surface area contributed by atoms with E-state index >= 15 is 0 Å². The van der Waals surface area contributed by atoms with Gasteiger partial charge in [-0.3, -0.25) is 4.90 Å². The Labute approximate surface area is 119 Å². The SMILES string of the molecule is CCCC[C@H](c1cccc(F)c1Cl)N1CCNCC1. The molecule has 0 radical (unpaired) electrons. The minimum absolute atomic E-state index is 0.241. The Bertz CT molecular complexity index is 405. The molecule has 1 atom stereocenters. The van der Waals surface area contributed by atoms with Crippen molar-refractivity contribution in [1.82, 2.24) is 10.2 Å². The highest BCUT2D eigenvalue weighted by molar-refractivity contribution is 6.31. The fourth-order valence-corrected chi connectivity index (χ4v) is 2.96. The van der Waals surface area contributed by atoms with E-state index in [4.69, 9.17) is 11.6 Å². The van der Waals surface area contributed by atoms with Gasteiger partial charge in [0.05, 0.1) is 5.02 Å². The maximum atomic E-state index is 13.7. The van der Waals surface area contributed by atoms with Crippen molar-refractivity contribution in [2.45, 2.75) is 32.2 Å². The van der Waals surface area contributed by atoms with Crippen LogP contribution < -0.4 is 5.32 Å². The van der Waals surface area contributed by atoms with Crippen LogP contribution in [-0.2, 0) is 0 Å². The van der Waals surface area contributed by atoms with Crippen molar-refractivity contribution in [2.75, 3.05) is 26.2 Å². The van der Waals surface area contributed by atoms with E-state index < -0.39 is 0 Å². The van der Waals surface area contributed by atoms with Crippen LogP contribution in [0.5, 0.6) is 0 Å². The second-order valence-electron chi connectivity index (χ2n) is 5.09. The zero-order valence-corrected chi connectivity index (χ0v) is 12.2. The summed E-state index contributed by atoms with van der Waals surface area (Å²) in [7, 11) is 0. The summed E-state index contributed by atoms with van der Waals surface area (Å²) in [6.45, 7) is 6.18. The van der Waals surface area contributed by atoms with Crippen LogP contribution in [0.1, 0.15) is 37.8 Å². The summed E-state index contributed by atoms with van der Waals surface area (Å²) in [6, 6.07) is 5.40. The molecular weight excluding hydrogens is 263 g/mol. The molecular formula is C15H22ClFN2. The summed E-state index contributed by atoms with van der Waals surface area (Å²) in [4.78, 5) is 2.42. The molecule has 0 aliphatic carbocycles. The van der Waals surface area contributed by atoms with Gasteiger partial charge in [-0.2, -0.15) is 0 Å². The van der Waals surface area contributed by atoms with Gasteiger partial charge in [-0.25, -0.2) is 4.39 Å². The summed E-state index contributed by atoms with van der Waals surface area (Å²) >= 11 is 6.17. The van der Waals surface area contributed by atoms with Crippen molar-refractivity contribution in [3.63, 3.8) is 0 Å². The molecule has 1 aromatic rings. The summed E-state index contributed by atoms with van der Waals surface area (Å²) in [6.07, 6.45) is 3.33. The van der Waals surface area contributed by atoms with Crippen molar-refractivity contribution >= 4 is 11.6 Å². The van der Waals surface area contributed by atoms with Gasteiger partial charge in [-0.05, 0) is 18.1 Å². The Kier molecular flexibility index (Phi) is 5.61. The van der Waals surface area contributed by atoms with Gasteiger partial charge in [0.2, 0.25) is 0 Å². The second kappa shape index (κ2) is 7.22. The molecule has 0 aromatic heterocycles. The fraction of sp³-hybridized carbons (Fsp3) is 0.600. The predicted molar refractivity (Wildman–Crippen MR) is 78.1 cm³/mol. The largest absolute Gasteiger partial charge is 0.314 e. The molecule has 1 aliphatic rings. The number of nitrogens with zero attached hydrogens (tertiary/aromatic N) is 1. The Morgan fingerprint density at radius 3 is 2.79 bits per heavy atom. The highest BCUT2D eigenvalue weighted by Gasteiger charge is 2.24. The first-order chi connectivity index (χ1) is 9.24. The lowest BCUT2D eigenvalue weighted by molar-refractivity contribution is 0.163. The molecule has 106 valence electrons. The number of hydrogen-bond donors (Lipinski definition) is 1. The molecule has 4 heteroatoms. The van der Waals surface area contributed by atoms with Crippen molar-refractivity contribution in [1.29, 1.82) is 0 Å². The normalized spacial score (nSPS) is 18.5. The molecule has 1 N–H and O–H groups in total. The Hall–Kier alpha value is -0.640. The molecule has 1 aliphatic heterocycles. The van der Waals surface area contributed by atoms with E-state index in [2.05, 4.69) is 17.1 Å². The quantitative estimate of drug-likeness (QED) is 0.888. The van der Waals surface area contributed by atoms with E-state index in [0.717, 1.165) is 51.0 Å². The number of halogens is 2. The van der Waals surface area contributed by atoms with Gasteiger partial charge in [0.15, 0.2) is 0 Å². The topological polar surface area (TPSA) is 15.3 Å². The lowest BCUT2D eigenvalue weighted by Gasteiger charge is -2.35. The van der Waals surface area contributed by atoms with E-state index in [1.165, 1.54) is 6.07 Å². The smallest absolute Gasteiger partial charge is 0.142 e. The van der Waals surface area contributed by atoms with Crippen molar-refractivity contribution in [2.24, 2.45) is 0 Å². The summed E-state index contributed by atoms with van der Waals surface area (Å²) in [5.74, 6) is -0.309. The van der Waals surface area contributed by atoms with Crippen LogP contribution in [0, 0.1) is 5.82 Å². The zero-order valence-electron chi connectivity index (χ0n) is 11.5. The first-order valence-electron chi connectivity index (χ1n) is 7.12. The highest BCUT2D eigenvalue weighted by Crippen LogP contribution is 2.33. The molecule has 0 amide bonds. The fourth-order valence-electron chi connectivity index (χ4n) is 2.70. The Morgan fingerprint density at radius 1 is 1.37 bits per heavy atom.